The minimum atomic E-state index is -2.82. The van der Waals surface area contributed by atoms with Crippen molar-refractivity contribution in [1.82, 2.24) is 14.7 Å². The first-order chi connectivity index (χ1) is 11.4. The Hall–Kier alpha value is -1.64. The Morgan fingerprint density at radius 1 is 1.33 bits per heavy atom. The van der Waals surface area contributed by atoms with Crippen molar-refractivity contribution in [2.45, 2.75) is 36.9 Å². The minimum Gasteiger partial charge on any atom is -0.334 e. The first-order valence-electron chi connectivity index (χ1n) is 7.96. The van der Waals surface area contributed by atoms with Gasteiger partial charge < -0.3 is 10.2 Å². The van der Waals surface area contributed by atoms with Crippen LogP contribution in [-0.4, -0.2) is 50.1 Å². The van der Waals surface area contributed by atoms with Crippen molar-refractivity contribution in [3.05, 3.63) is 11.9 Å². The largest absolute Gasteiger partial charge is 0.334 e. The summed E-state index contributed by atoms with van der Waals surface area (Å²) in [5, 5.41) is 5.89. The van der Waals surface area contributed by atoms with Gasteiger partial charge in [0.05, 0.1) is 5.69 Å². The van der Waals surface area contributed by atoms with Crippen LogP contribution in [0.15, 0.2) is 6.20 Å². The molecule has 1 aromatic heterocycles. The smallest absolute Gasteiger partial charge is 0.314 e. The van der Waals surface area contributed by atoms with Gasteiger partial charge in [0.15, 0.2) is 5.69 Å². The second kappa shape index (κ2) is 6.70. The standard InChI is InChI=1S/C15H20F2N4O2S/c1-20-9-10(11(19-20)12(16)17)18-13(22)14(23)21-6-5-15(3-2-4-15)24-8-7-21/h9,12H,2-8H2,1H3,(H,18,22). The van der Waals surface area contributed by atoms with Gasteiger partial charge in [-0.15, -0.1) is 0 Å². The van der Waals surface area contributed by atoms with Crippen LogP contribution >= 0.6 is 11.8 Å². The highest BCUT2D eigenvalue weighted by atomic mass is 32.2. The molecule has 0 aromatic carbocycles. The summed E-state index contributed by atoms with van der Waals surface area (Å²) in [7, 11) is 1.48. The molecule has 1 saturated heterocycles. The van der Waals surface area contributed by atoms with Crippen LogP contribution in [-0.2, 0) is 16.6 Å². The summed E-state index contributed by atoms with van der Waals surface area (Å²) in [5.74, 6) is -0.760. The molecular weight excluding hydrogens is 338 g/mol. The number of anilines is 1. The number of hydrogen-bond acceptors (Lipinski definition) is 4. The number of alkyl halides is 2. The van der Waals surface area contributed by atoms with Crippen molar-refractivity contribution >= 4 is 29.3 Å². The van der Waals surface area contributed by atoms with Gasteiger partial charge in [0.1, 0.15) is 0 Å². The van der Waals surface area contributed by atoms with E-state index in [1.165, 1.54) is 42.1 Å². The maximum absolute atomic E-state index is 12.9. The van der Waals surface area contributed by atoms with Gasteiger partial charge >= 0.3 is 11.8 Å². The summed E-state index contributed by atoms with van der Waals surface area (Å²) in [4.78, 5) is 26.0. The third kappa shape index (κ3) is 3.40. The number of hydrogen-bond donors (Lipinski definition) is 1. The van der Waals surface area contributed by atoms with Gasteiger partial charge in [-0.25, -0.2) is 8.78 Å². The zero-order valence-corrected chi connectivity index (χ0v) is 14.2. The normalized spacial score (nSPS) is 19.9. The lowest BCUT2D eigenvalue weighted by Crippen LogP contribution is -2.42. The van der Waals surface area contributed by atoms with Crippen LogP contribution in [0.25, 0.3) is 0 Å². The molecule has 1 saturated carbocycles. The molecule has 9 heteroatoms. The molecule has 0 bridgehead atoms. The minimum absolute atomic E-state index is 0.120. The lowest BCUT2D eigenvalue weighted by Gasteiger charge is -2.40. The quantitative estimate of drug-likeness (QED) is 0.823. The molecule has 2 aliphatic rings. The number of carbonyl (C=O) groups excluding carboxylic acids is 2. The zero-order valence-electron chi connectivity index (χ0n) is 13.4. The topological polar surface area (TPSA) is 67.2 Å². The van der Waals surface area contributed by atoms with Gasteiger partial charge in [0.25, 0.3) is 6.43 Å². The predicted molar refractivity (Wildman–Crippen MR) is 87.0 cm³/mol. The van der Waals surface area contributed by atoms with Crippen molar-refractivity contribution in [2.75, 3.05) is 24.2 Å². The maximum Gasteiger partial charge on any atom is 0.314 e. The van der Waals surface area contributed by atoms with E-state index in [0.717, 1.165) is 12.2 Å². The molecule has 1 spiro atoms. The molecule has 1 aliphatic carbocycles. The molecule has 0 atom stereocenters. The van der Waals surface area contributed by atoms with E-state index < -0.39 is 23.9 Å². The molecule has 0 unspecified atom stereocenters. The average molecular weight is 358 g/mol. The number of carbonyl (C=O) groups is 2. The maximum atomic E-state index is 12.9. The molecule has 2 amide bonds. The molecule has 6 nitrogen and oxygen atoms in total. The van der Waals surface area contributed by atoms with Crippen LogP contribution in [0.4, 0.5) is 14.5 Å². The Balaban J connectivity index is 1.63. The molecule has 1 aromatic rings. The molecule has 1 N–H and O–H groups in total. The van der Waals surface area contributed by atoms with Crippen LogP contribution in [0, 0.1) is 0 Å². The van der Waals surface area contributed by atoms with E-state index in [-0.39, 0.29) is 10.4 Å². The van der Waals surface area contributed by atoms with Crippen LogP contribution < -0.4 is 5.32 Å². The Kier molecular flexibility index (Phi) is 4.80. The molecule has 2 heterocycles. The van der Waals surface area contributed by atoms with E-state index in [9.17, 15) is 18.4 Å². The SMILES string of the molecule is Cn1cc(NC(=O)C(=O)N2CCSC3(CCC3)CC2)c(C(F)F)n1. The van der Waals surface area contributed by atoms with Crippen molar-refractivity contribution in [2.24, 2.45) is 7.05 Å². The Labute approximate surface area is 142 Å². The number of aromatic nitrogens is 2. The Morgan fingerprint density at radius 2 is 2.08 bits per heavy atom. The van der Waals surface area contributed by atoms with Crippen molar-refractivity contribution < 1.29 is 18.4 Å². The predicted octanol–water partition coefficient (Wildman–Crippen LogP) is 2.18. The van der Waals surface area contributed by atoms with E-state index in [1.807, 2.05) is 11.8 Å². The average Bonchev–Trinajstić information content (AvgIpc) is 2.72. The number of nitrogens with zero attached hydrogens (tertiary/aromatic N) is 3. The molecule has 2 fully saturated rings. The van der Waals surface area contributed by atoms with Crippen LogP contribution in [0.1, 0.15) is 37.8 Å². The number of thioether (sulfide) groups is 1. The highest BCUT2D eigenvalue weighted by Gasteiger charge is 2.40. The first kappa shape index (κ1) is 17.2. The second-order valence-electron chi connectivity index (χ2n) is 6.28. The molecule has 0 radical (unpaired) electrons. The van der Waals surface area contributed by atoms with Crippen molar-refractivity contribution in [3.63, 3.8) is 0 Å². The van der Waals surface area contributed by atoms with E-state index in [1.54, 1.807) is 0 Å². The summed E-state index contributed by atoms with van der Waals surface area (Å²) in [5.41, 5.74) is -0.649. The van der Waals surface area contributed by atoms with Crippen molar-refractivity contribution in [3.8, 4) is 0 Å². The highest BCUT2D eigenvalue weighted by Crippen LogP contribution is 2.47. The molecule has 132 valence electrons. The Bertz CT molecular complexity index is 645. The van der Waals surface area contributed by atoms with Gasteiger partial charge in [0, 0.05) is 36.8 Å². The van der Waals surface area contributed by atoms with Crippen LogP contribution in [0.3, 0.4) is 0 Å². The van der Waals surface area contributed by atoms with Gasteiger partial charge in [-0.1, -0.05) is 6.42 Å². The monoisotopic (exact) mass is 358 g/mol. The third-order valence-electron chi connectivity index (χ3n) is 4.67. The fourth-order valence-electron chi connectivity index (χ4n) is 3.15. The number of nitrogens with one attached hydrogen (secondary N) is 1. The van der Waals surface area contributed by atoms with Crippen LogP contribution in [0.2, 0.25) is 0 Å². The molecule has 3 rings (SSSR count). The second-order valence-corrected chi connectivity index (χ2v) is 7.85. The fraction of sp³-hybridized carbons (Fsp3) is 0.667. The number of halogens is 2. The molecule has 24 heavy (non-hydrogen) atoms. The number of aryl methyl sites for hydroxylation is 1. The summed E-state index contributed by atoms with van der Waals surface area (Å²) in [6.07, 6.45) is 2.89. The number of amides is 2. The van der Waals surface area contributed by atoms with E-state index in [0.29, 0.717) is 13.1 Å². The molecular formula is C15H20F2N4O2S. The Morgan fingerprint density at radius 3 is 2.71 bits per heavy atom. The fourth-order valence-corrected chi connectivity index (χ4v) is 4.70. The summed E-state index contributed by atoms with van der Waals surface area (Å²) >= 11 is 1.88. The highest BCUT2D eigenvalue weighted by molar-refractivity contribution is 8.00. The van der Waals surface area contributed by atoms with Crippen molar-refractivity contribution in [1.29, 1.82) is 0 Å². The van der Waals surface area contributed by atoms with Gasteiger partial charge in [-0.3, -0.25) is 14.3 Å². The van der Waals surface area contributed by atoms with Gasteiger partial charge in [-0.05, 0) is 19.3 Å². The summed E-state index contributed by atoms with van der Waals surface area (Å²) in [6, 6.07) is 0. The van der Waals surface area contributed by atoms with E-state index in [2.05, 4.69) is 10.4 Å². The zero-order chi connectivity index (χ0) is 17.3. The van der Waals surface area contributed by atoms with Crippen LogP contribution in [0.5, 0.6) is 0 Å². The lowest BCUT2D eigenvalue weighted by molar-refractivity contribution is -0.143. The molecule has 1 aliphatic heterocycles. The van der Waals surface area contributed by atoms with E-state index in [4.69, 9.17) is 0 Å². The lowest BCUT2D eigenvalue weighted by atomic mass is 9.81. The van der Waals surface area contributed by atoms with Gasteiger partial charge in [0.2, 0.25) is 0 Å². The summed E-state index contributed by atoms with van der Waals surface area (Å²) < 4.78 is 27.3. The summed E-state index contributed by atoms with van der Waals surface area (Å²) in [6.45, 7) is 1.04. The third-order valence-corrected chi connectivity index (χ3v) is 6.28. The van der Waals surface area contributed by atoms with Gasteiger partial charge in [-0.2, -0.15) is 16.9 Å². The first-order valence-corrected chi connectivity index (χ1v) is 8.95. The van der Waals surface area contributed by atoms with E-state index >= 15 is 0 Å². The number of rotatable bonds is 2.